The molecule has 88 valence electrons. The number of aliphatic hydroxyl groups excluding tert-OH is 1. The lowest BCUT2D eigenvalue weighted by molar-refractivity contribution is 0.140. The van der Waals surface area contributed by atoms with Crippen molar-refractivity contribution in [2.24, 2.45) is 5.73 Å². The predicted molar refractivity (Wildman–Crippen MR) is 60.8 cm³/mol. The summed E-state index contributed by atoms with van der Waals surface area (Å²) in [6.07, 6.45) is -0.0377. The van der Waals surface area contributed by atoms with Gasteiger partial charge < -0.3 is 20.3 Å². The minimum Gasteiger partial charge on any atom is -0.454 e. The van der Waals surface area contributed by atoms with Crippen LogP contribution in [0.2, 0.25) is 5.02 Å². The zero-order valence-electron chi connectivity index (χ0n) is 8.94. The topological polar surface area (TPSA) is 64.7 Å². The van der Waals surface area contributed by atoms with Crippen LogP contribution in [0.15, 0.2) is 12.1 Å². The first-order chi connectivity index (χ1) is 7.63. The van der Waals surface area contributed by atoms with Crippen LogP contribution in [0.3, 0.4) is 0 Å². The Morgan fingerprint density at radius 1 is 1.44 bits per heavy atom. The Labute approximate surface area is 98.9 Å². The van der Waals surface area contributed by atoms with Gasteiger partial charge in [0, 0.05) is 11.1 Å². The smallest absolute Gasteiger partial charge is 0.231 e. The van der Waals surface area contributed by atoms with Gasteiger partial charge in [-0.2, -0.15) is 0 Å². The zero-order valence-corrected chi connectivity index (χ0v) is 9.70. The van der Waals surface area contributed by atoms with Crippen LogP contribution in [0, 0.1) is 0 Å². The molecule has 2 rings (SSSR count). The third-order valence-electron chi connectivity index (χ3n) is 2.68. The normalized spacial score (nSPS) is 17.2. The standard InChI is InChI=1S/C11H14ClNO3/c1-2-8(14)11(13)6-3-9-10(4-7(6)12)16-5-15-9/h3-4,8,11,14H,2,5,13H2,1H3/t8-,11+/m1/s1. The molecule has 0 fully saturated rings. The van der Waals surface area contributed by atoms with Crippen LogP contribution >= 0.6 is 11.6 Å². The van der Waals surface area contributed by atoms with Gasteiger partial charge in [-0.3, -0.25) is 0 Å². The fourth-order valence-electron chi connectivity index (χ4n) is 1.65. The molecule has 0 amide bonds. The molecule has 1 aliphatic rings. The first kappa shape index (κ1) is 11.5. The minimum absolute atomic E-state index is 0.195. The number of hydrogen-bond donors (Lipinski definition) is 2. The molecule has 0 aromatic heterocycles. The Morgan fingerprint density at radius 2 is 2.06 bits per heavy atom. The maximum Gasteiger partial charge on any atom is 0.231 e. The van der Waals surface area contributed by atoms with E-state index in [4.69, 9.17) is 26.8 Å². The van der Waals surface area contributed by atoms with Crippen molar-refractivity contribution in [3.8, 4) is 11.5 Å². The molecule has 0 bridgehead atoms. The molecule has 5 heteroatoms. The second kappa shape index (κ2) is 4.49. The van der Waals surface area contributed by atoms with Crippen molar-refractivity contribution >= 4 is 11.6 Å². The van der Waals surface area contributed by atoms with Crippen molar-refractivity contribution in [1.29, 1.82) is 0 Å². The first-order valence-electron chi connectivity index (χ1n) is 5.16. The molecular weight excluding hydrogens is 230 g/mol. The molecule has 3 N–H and O–H groups in total. The molecule has 0 radical (unpaired) electrons. The fraction of sp³-hybridized carbons (Fsp3) is 0.455. The Morgan fingerprint density at radius 3 is 2.69 bits per heavy atom. The summed E-state index contributed by atoms with van der Waals surface area (Å²) in [5.41, 5.74) is 6.59. The van der Waals surface area contributed by atoms with Crippen LogP contribution < -0.4 is 15.2 Å². The van der Waals surface area contributed by atoms with Gasteiger partial charge in [-0.25, -0.2) is 0 Å². The highest BCUT2D eigenvalue weighted by molar-refractivity contribution is 6.31. The number of aliphatic hydroxyl groups is 1. The molecule has 0 unspecified atom stereocenters. The minimum atomic E-state index is -0.613. The molecule has 4 nitrogen and oxygen atoms in total. The van der Waals surface area contributed by atoms with Crippen LogP contribution in [-0.4, -0.2) is 18.0 Å². The van der Waals surface area contributed by atoms with Crippen LogP contribution in [0.25, 0.3) is 0 Å². The van der Waals surface area contributed by atoms with Crippen molar-refractivity contribution in [2.45, 2.75) is 25.5 Å². The number of benzene rings is 1. The largest absolute Gasteiger partial charge is 0.454 e. The summed E-state index contributed by atoms with van der Waals surface area (Å²) in [6, 6.07) is 2.89. The second-order valence-corrected chi connectivity index (χ2v) is 4.14. The Hall–Kier alpha value is -0.970. The van der Waals surface area contributed by atoms with Crippen molar-refractivity contribution in [1.82, 2.24) is 0 Å². The quantitative estimate of drug-likeness (QED) is 0.850. The highest BCUT2D eigenvalue weighted by Gasteiger charge is 2.22. The molecule has 1 heterocycles. The SMILES string of the molecule is CC[C@@H](O)[C@@H](N)c1cc2c(cc1Cl)OCO2. The van der Waals surface area contributed by atoms with E-state index in [2.05, 4.69) is 0 Å². The Bertz CT molecular complexity index is 397. The highest BCUT2D eigenvalue weighted by Crippen LogP contribution is 2.39. The molecule has 2 atom stereocenters. The van der Waals surface area contributed by atoms with Gasteiger partial charge in [0.1, 0.15) is 0 Å². The molecule has 0 aliphatic carbocycles. The monoisotopic (exact) mass is 243 g/mol. The van der Waals surface area contributed by atoms with Crippen LogP contribution in [0.1, 0.15) is 24.9 Å². The van der Waals surface area contributed by atoms with Gasteiger partial charge in [0.15, 0.2) is 11.5 Å². The fourth-order valence-corrected chi connectivity index (χ4v) is 1.93. The van der Waals surface area contributed by atoms with E-state index in [0.29, 0.717) is 28.5 Å². The van der Waals surface area contributed by atoms with Crippen LogP contribution in [0.4, 0.5) is 0 Å². The van der Waals surface area contributed by atoms with Gasteiger partial charge in [-0.1, -0.05) is 18.5 Å². The molecule has 0 saturated carbocycles. The molecule has 0 spiro atoms. The van der Waals surface area contributed by atoms with Crippen LogP contribution in [-0.2, 0) is 0 Å². The number of ether oxygens (including phenoxy) is 2. The zero-order chi connectivity index (χ0) is 11.7. The summed E-state index contributed by atoms with van der Waals surface area (Å²) in [6.45, 7) is 2.06. The van der Waals surface area contributed by atoms with E-state index in [1.165, 1.54) is 0 Å². The van der Waals surface area contributed by atoms with Gasteiger partial charge in [0.05, 0.1) is 12.1 Å². The summed E-state index contributed by atoms with van der Waals surface area (Å²) < 4.78 is 10.4. The second-order valence-electron chi connectivity index (χ2n) is 3.73. The van der Waals surface area contributed by atoms with E-state index < -0.39 is 12.1 Å². The van der Waals surface area contributed by atoms with E-state index in [1.807, 2.05) is 6.92 Å². The van der Waals surface area contributed by atoms with Crippen molar-refractivity contribution in [3.63, 3.8) is 0 Å². The van der Waals surface area contributed by atoms with Crippen molar-refractivity contribution < 1.29 is 14.6 Å². The summed E-state index contributed by atoms with van der Waals surface area (Å²) in [5, 5.41) is 10.2. The van der Waals surface area contributed by atoms with Gasteiger partial charge >= 0.3 is 0 Å². The van der Waals surface area contributed by atoms with E-state index in [1.54, 1.807) is 12.1 Å². The maximum atomic E-state index is 9.70. The number of hydrogen-bond acceptors (Lipinski definition) is 4. The van der Waals surface area contributed by atoms with Gasteiger partial charge in [-0.05, 0) is 18.1 Å². The Kier molecular flexibility index (Phi) is 3.23. The third kappa shape index (κ3) is 1.96. The highest BCUT2D eigenvalue weighted by atomic mass is 35.5. The number of halogens is 1. The number of fused-ring (bicyclic) bond motifs is 1. The third-order valence-corrected chi connectivity index (χ3v) is 3.01. The summed E-state index contributed by atoms with van der Waals surface area (Å²) in [4.78, 5) is 0. The lowest BCUT2D eigenvalue weighted by Gasteiger charge is -2.19. The van der Waals surface area contributed by atoms with Gasteiger partial charge in [0.25, 0.3) is 0 Å². The lowest BCUT2D eigenvalue weighted by Crippen LogP contribution is -2.25. The van der Waals surface area contributed by atoms with Gasteiger partial charge in [0.2, 0.25) is 6.79 Å². The molecule has 1 aromatic rings. The molecule has 1 aromatic carbocycles. The van der Waals surface area contributed by atoms with Crippen molar-refractivity contribution in [2.75, 3.05) is 6.79 Å². The molecule has 16 heavy (non-hydrogen) atoms. The van der Waals surface area contributed by atoms with Crippen LogP contribution in [0.5, 0.6) is 11.5 Å². The number of nitrogens with two attached hydrogens (primary N) is 1. The van der Waals surface area contributed by atoms with E-state index in [-0.39, 0.29) is 6.79 Å². The predicted octanol–water partition coefficient (Wildman–Crippen LogP) is 1.84. The van der Waals surface area contributed by atoms with E-state index >= 15 is 0 Å². The maximum absolute atomic E-state index is 9.70. The summed E-state index contributed by atoms with van der Waals surface area (Å²) in [5.74, 6) is 1.24. The van der Waals surface area contributed by atoms with E-state index in [0.717, 1.165) is 0 Å². The molecule has 0 saturated heterocycles. The lowest BCUT2D eigenvalue weighted by atomic mass is 10.00. The molecular formula is C11H14ClNO3. The number of rotatable bonds is 3. The summed E-state index contributed by atoms with van der Waals surface area (Å²) in [7, 11) is 0. The summed E-state index contributed by atoms with van der Waals surface area (Å²) >= 11 is 6.08. The van der Waals surface area contributed by atoms with E-state index in [9.17, 15) is 5.11 Å². The van der Waals surface area contributed by atoms with Crippen molar-refractivity contribution in [3.05, 3.63) is 22.7 Å². The average molecular weight is 244 g/mol. The molecule has 1 aliphatic heterocycles. The average Bonchev–Trinajstić information content (AvgIpc) is 2.72. The Balaban J connectivity index is 2.34. The first-order valence-corrected chi connectivity index (χ1v) is 5.54. The van der Waals surface area contributed by atoms with Gasteiger partial charge in [-0.15, -0.1) is 0 Å².